The third-order valence-electron chi connectivity index (χ3n) is 16.8. The Labute approximate surface area is 380 Å². The van der Waals surface area contributed by atoms with Crippen LogP contribution in [0.5, 0.6) is 5.75 Å². The monoisotopic (exact) mass is 884 g/mol. The number of imide groups is 1. The SMILES string of the molecule is CN1Cc2c(ccc3c2OCC32CCN(CC3CCC(N4CCC(c5ccc6c(c5)-n5c(nc(=O)c7c(Cl)cccc75)C65CCCCC5)CC4)CC3)CC2)C1=O.O=C1CCCC(=O)N1. The number of amides is 3. The summed E-state index contributed by atoms with van der Waals surface area (Å²) >= 11 is 6.63. The highest BCUT2D eigenvalue weighted by Crippen LogP contribution is 2.53. The standard InChI is InChI=1S/C47H54ClN5O3.C5H7NO2/c1-50-28-35-34(44(50)55)13-15-37-42(35)56-29-46(37)20-24-51(25-21-46)27-30-8-11-33(12-9-30)52-22-16-31(17-23-52)32-10-14-36-40(26-32)53-39-7-5-6-38(48)41(39)43(54)49-45(53)47(36)18-3-2-4-19-47;7-4-2-1-3-5(8)6-4/h5-7,10,13-15,26,30-31,33H,2-4,8-9,11-12,16-25,27-29H2,1H3;1-3H2,(H,6,7,8). The fourth-order valence-electron chi connectivity index (χ4n) is 13.2. The van der Waals surface area contributed by atoms with E-state index < -0.39 is 0 Å². The van der Waals surface area contributed by atoms with E-state index in [9.17, 15) is 19.2 Å². The van der Waals surface area contributed by atoms with Gasteiger partial charge in [0.25, 0.3) is 11.5 Å². The van der Waals surface area contributed by atoms with Crippen LogP contribution in [0.2, 0.25) is 5.02 Å². The first kappa shape index (κ1) is 42.1. The molecule has 1 N–H and O–H groups in total. The van der Waals surface area contributed by atoms with Gasteiger partial charge < -0.3 is 19.4 Å². The minimum absolute atomic E-state index is 0.108. The Hall–Kier alpha value is -4.58. The third kappa shape index (κ3) is 7.19. The van der Waals surface area contributed by atoms with Crippen LogP contribution in [0.3, 0.4) is 0 Å². The molecule has 12 heteroatoms. The second kappa shape index (κ2) is 16.7. The summed E-state index contributed by atoms with van der Waals surface area (Å²) < 4.78 is 8.68. The molecule has 8 aliphatic rings. The molecule has 2 aliphatic carbocycles. The van der Waals surface area contributed by atoms with Crippen LogP contribution in [0.4, 0.5) is 0 Å². The molecule has 0 radical (unpaired) electrons. The molecule has 11 nitrogen and oxygen atoms in total. The normalized spacial score (nSPS) is 25.1. The van der Waals surface area contributed by atoms with Crippen molar-refractivity contribution in [3.63, 3.8) is 0 Å². The number of aromatic nitrogens is 2. The van der Waals surface area contributed by atoms with E-state index >= 15 is 0 Å². The van der Waals surface area contributed by atoms with Gasteiger partial charge >= 0.3 is 0 Å². The molecule has 2 saturated carbocycles. The van der Waals surface area contributed by atoms with Crippen LogP contribution in [0.15, 0.2) is 53.3 Å². The molecule has 336 valence electrons. The van der Waals surface area contributed by atoms with Gasteiger partial charge in [0, 0.05) is 54.6 Å². The topological polar surface area (TPSA) is 117 Å². The third-order valence-corrected chi connectivity index (χ3v) is 17.1. The Bertz CT molecular complexity index is 2560. The highest BCUT2D eigenvalue weighted by molar-refractivity contribution is 6.35. The van der Waals surface area contributed by atoms with Gasteiger partial charge in [0.05, 0.1) is 40.2 Å². The zero-order valence-electron chi connectivity index (χ0n) is 37.3. The molecule has 0 unspecified atom stereocenters. The zero-order chi connectivity index (χ0) is 43.7. The Morgan fingerprint density at radius 1 is 0.812 bits per heavy atom. The summed E-state index contributed by atoms with van der Waals surface area (Å²) in [6.45, 7) is 7.30. The molecule has 6 aliphatic heterocycles. The number of likely N-dealkylation sites (tertiary alicyclic amines) is 2. The lowest BCUT2D eigenvalue weighted by molar-refractivity contribution is -0.132. The number of piperidine rings is 3. The van der Waals surface area contributed by atoms with Gasteiger partial charge in [-0.15, -0.1) is 0 Å². The lowest BCUT2D eigenvalue weighted by Gasteiger charge is -2.43. The Morgan fingerprint density at radius 2 is 1.55 bits per heavy atom. The molecule has 3 aromatic carbocycles. The molecule has 5 fully saturated rings. The maximum atomic E-state index is 13.4. The lowest BCUT2D eigenvalue weighted by atomic mass is 9.69. The van der Waals surface area contributed by atoms with Crippen LogP contribution in [0, 0.1) is 5.92 Å². The van der Waals surface area contributed by atoms with E-state index in [1.165, 1.54) is 99.8 Å². The predicted molar refractivity (Wildman–Crippen MR) is 248 cm³/mol. The van der Waals surface area contributed by atoms with Crippen LogP contribution < -0.4 is 15.6 Å². The fourth-order valence-corrected chi connectivity index (χ4v) is 13.5. The Kier molecular flexibility index (Phi) is 11.0. The van der Waals surface area contributed by atoms with Crippen molar-refractivity contribution in [1.82, 2.24) is 29.6 Å². The average molecular weight is 886 g/mol. The molecule has 1 aromatic heterocycles. The van der Waals surface area contributed by atoms with Crippen molar-refractivity contribution < 1.29 is 19.1 Å². The zero-order valence-corrected chi connectivity index (χ0v) is 38.0. The van der Waals surface area contributed by atoms with E-state index in [4.69, 9.17) is 21.3 Å². The number of benzene rings is 3. The highest BCUT2D eigenvalue weighted by Gasteiger charge is 2.48. The molecule has 0 atom stereocenters. The van der Waals surface area contributed by atoms with Crippen molar-refractivity contribution in [2.45, 2.75) is 132 Å². The summed E-state index contributed by atoms with van der Waals surface area (Å²) in [6, 6.07) is 18.1. The van der Waals surface area contributed by atoms with Gasteiger partial charge in [0.15, 0.2) is 0 Å². The summed E-state index contributed by atoms with van der Waals surface area (Å²) in [7, 11) is 1.89. The molecular weight excluding hydrogens is 824 g/mol. The van der Waals surface area contributed by atoms with Crippen molar-refractivity contribution in [3.8, 4) is 11.4 Å². The molecule has 12 rings (SSSR count). The quantitative estimate of drug-likeness (QED) is 0.204. The highest BCUT2D eigenvalue weighted by atomic mass is 35.5. The molecule has 64 heavy (non-hydrogen) atoms. The summed E-state index contributed by atoms with van der Waals surface area (Å²) in [4.78, 5) is 58.8. The maximum Gasteiger partial charge on any atom is 0.282 e. The number of rotatable bonds is 4. The molecular formula is C52H61ClN6O5. The number of hydrogen-bond donors (Lipinski definition) is 1. The first-order valence-corrected chi connectivity index (χ1v) is 24.7. The van der Waals surface area contributed by atoms with Gasteiger partial charge in [-0.3, -0.25) is 29.1 Å². The van der Waals surface area contributed by atoms with Gasteiger partial charge in [-0.2, -0.15) is 4.98 Å². The Morgan fingerprint density at radius 3 is 2.27 bits per heavy atom. The predicted octanol–water partition coefficient (Wildman–Crippen LogP) is 8.17. The van der Waals surface area contributed by atoms with Gasteiger partial charge in [0.2, 0.25) is 11.8 Å². The smallest absolute Gasteiger partial charge is 0.282 e. The number of carbonyl (C=O) groups excluding carboxylic acids is 3. The van der Waals surface area contributed by atoms with Crippen molar-refractivity contribution in [2.75, 3.05) is 46.4 Å². The van der Waals surface area contributed by atoms with E-state index in [1.807, 2.05) is 19.2 Å². The van der Waals surface area contributed by atoms with Crippen molar-refractivity contribution in [2.24, 2.45) is 5.92 Å². The van der Waals surface area contributed by atoms with Gasteiger partial charge in [0.1, 0.15) is 11.6 Å². The first-order valence-electron chi connectivity index (χ1n) is 24.3. The molecule has 7 heterocycles. The summed E-state index contributed by atoms with van der Waals surface area (Å²) in [5, 5.41) is 3.23. The van der Waals surface area contributed by atoms with Gasteiger partial charge in [-0.1, -0.05) is 55.1 Å². The van der Waals surface area contributed by atoms with Crippen molar-refractivity contribution in [1.29, 1.82) is 0 Å². The van der Waals surface area contributed by atoms with Crippen LogP contribution in [0.1, 0.15) is 147 Å². The minimum Gasteiger partial charge on any atom is -0.492 e. The van der Waals surface area contributed by atoms with Gasteiger partial charge in [-0.05, 0) is 144 Å². The van der Waals surface area contributed by atoms with E-state index in [0.29, 0.717) is 48.2 Å². The van der Waals surface area contributed by atoms with Crippen LogP contribution >= 0.6 is 11.6 Å². The van der Waals surface area contributed by atoms with Crippen molar-refractivity contribution >= 4 is 40.2 Å². The number of nitrogens with one attached hydrogen (secondary N) is 1. The Balaban J connectivity index is 0.000000518. The number of fused-ring (bicyclic) bond motifs is 11. The first-order chi connectivity index (χ1) is 31.1. The van der Waals surface area contributed by atoms with Crippen molar-refractivity contribution in [3.05, 3.63) is 97.5 Å². The minimum atomic E-state index is -0.195. The molecule has 3 saturated heterocycles. The molecule has 4 aromatic rings. The summed E-state index contributed by atoms with van der Waals surface area (Å²) in [6.07, 6.45) is 17.4. The maximum absolute atomic E-state index is 13.4. The summed E-state index contributed by atoms with van der Waals surface area (Å²) in [5.41, 5.74) is 7.92. The van der Waals surface area contributed by atoms with E-state index in [1.54, 1.807) is 4.90 Å². The van der Waals surface area contributed by atoms with Crippen LogP contribution in [0.25, 0.3) is 16.6 Å². The number of ether oxygens (including phenoxy) is 1. The van der Waals surface area contributed by atoms with E-state index in [2.05, 4.69) is 56.1 Å². The fraction of sp³-hybridized carbons (Fsp3) is 0.558. The average Bonchev–Trinajstić information content (AvgIpc) is 3.91. The summed E-state index contributed by atoms with van der Waals surface area (Å²) in [5.74, 6) is 3.14. The number of halogens is 1. The molecule has 0 bridgehead atoms. The van der Waals surface area contributed by atoms with Crippen LogP contribution in [-0.2, 0) is 27.0 Å². The second-order valence-electron chi connectivity index (χ2n) is 20.4. The largest absolute Gasteiger partial charge is 0.492 e. The van der Waals surface area contributed by atoms with E-state index in [0.717, 1.165) is 79.5 Å². The number of hydrogen-bond acceptors (Lipinski definition) is 8. The molecule has 3 amide bonds. The number of carbonyl (C=O) groups is 3. The molecule has 2 spiro atoms. The lowest BCUT2D eigenvalue weighted by Crippen LogP contribution is -2.46. The van der Waals surface area contributed by atoms with E-state index in [-0.39, 0.29) is 34.1 Å². The number of nitrogens with zero attached hydrogens (tertiary/aromatic N) is 5. The second-order valence-corrected chi connectivity index (χ2v) is 20.8. The van der Waals surface area contributed by atoms with Crippen LogP contribution in [-0.4, -0.2) is 94.4 Å². The van der Waals surface area contributed by atoms with Gasteiger partial charge in [-0.25, -0.2) is 0 Å².